The van der Waals surface area contributed by atoms with Gasteiger partial charge >= 0.3 is 0 Å². The van der Waals surface area contributed by atoms with Gasteiger partial charge in [-0.3, -0.25) is 4.99 Å². The first-order valence-corrected chi connectivity index (χ1v) is 8.98. The van der Waals surface area contributed by atoms with Gasteiger partial charge in [0.25, 0.3) is 0 Å². The third kappa shape index (κ3) is 3.50. The molecule has 0 radical (unpaired) electrons. The van der Waals surface area contributed by atoms with Crippen LogP contribution in [0.2, 0.25) is 0 Å². The molecule has 0 atom stereocenters. The molecule has 1 fully saturated rings. The molecule has 0 bridgehead atoms. The van der Waals surface area contributed by atoms with Crippen molar-refractivity contribution in [1.82, 2.24) is 9.47 Å². The second-order valence-corrected chi connectivity index (χ2v) is 6.62. The van der Waals surface area contributed by atoms with E-state index in [0.717, 1.165) is 13.0 Å². The van der Waals surface area contributed by atoms with Crippen molar-refractivity contribution in [2.45, 2.75) is 32.1 Å². The van der Waals surface area contributed by atoms with E-state index in [1.807, 2.05) is 0 Å². The van der Waals surface area contributed by atoms with Crippen LogP contribution in [0.5, 0.6) is 0 Å². The van der Waals surface area contributed by atoms with Crippen LogP contribution in [0, 0.1) is 0 Å². The summed E-state index contributed by atoms with van der Waals surface area (Å²) in [7, 11) is 0. The Morgan fingerprint density at radius 3 is 2.54 bits per heavy atom. The number of para-hydroxylation sites is 1. The summed E-state index contributed by atoms with van der Waals surface area (Å²) in [6, 6.07) is 12.9. The number of hydrogen-bond donors (Lipinski definition) is 0. The molecule has 0 unspecified atom stereocenters. The molecule has 0 aliphatic carbocycles. The van der Waals surface area contributed by atoms with Gasteiger partial charge < -0.3 is 9.47 Å². The maximum atomic E-state index is 4.96. The van der Waals surface area contributed by atoms with Gasteiger partial charge in [-0.25, -0.2) is 0 Å². The molecule has 1 saturated heterocycles. The van der Waals surface area contributed by atoms with E-state index in [0.29, 0.717) is 0 Å². The van der Waals surface area contributed by atoms with Gasteiger partial charge in [0.15, 0.2) is 0 Å². The number of nitrogens with zero attached hydrogens (tertiary/aromatic N) is 3. The Kier molecular flexibility index (Phi) is 5.90. The first-order chi connectivity index (χ1) is 11.4. The van der Waals surface area contributed by atoms with Crippen LogP contribution in [0.15, 0.2) is 47.6 Å². The van der Waals surface area contributed by atoms with E-state index in [1.165, 1.54) is 68.0 Å². The monoisotopic (exact) mass is 387 g/mol. The van der Waals surface area contributed by atoms with Crippen molar-refractivity contribution in [3.05, 3.63) is 53.9 Å². The lowest BCUT2D eigenvalue weighted by Gasteiger charge is -2.18. The standard InChI is InChI=1S/C20H25N3.BrH/c1-2-6-14-22(13-5-1)15-8-12-21-20-17-9-3-4-10-18(17)23-16-7-11-19(20)23;/h3-4,7,9-11,16H,1-2,5-6,8,12-15H2;1H. The van der Waals surface area contributed by atoms with Gasteiger partial charge in [-0.05, 0) is 57.1 Å². The Balaban J connectivity index is 0.00000169. The number of benzene rings is 1. The Bertz CT molecular complexity index is 696. The first kappa shape index (κ1) is 17.4. The molecule has 2 aromatic rings. The van der Waals surface area contributed by atoms with Crippen molar-refractivity contribution in [3.63, 3.8) is 0 Å². The van der Waals surface area contributed by atoms with Crippen molar-refractivity contribution in [1.29, 1.82) is 0 Å². The molecule has 2 aliphatic heterocycles. The number of halogens is 1. The number of hydrogen-bond acceptors (Lipinski definition) is 2. The highest BCUT2D eigenvalue weighted by molar-refractivity contribution is 8.93. The van der Waals surface area contributed by atoms with E-state index in [4.69, 9.17) is 4.99 Å². The van der Waals surface area contributed by atoms with Crippen LogP contribution in [0.4, 0.5) is 0 Å². The maximum absolute atomic E-state index is 4.96. The number of likely N-dealkylation sites (tertiary alicyclic amines) is 1. The average Bonchev–Trinajstić information content (AvgIpc) is 3.05. The third-order valence-corrected chi connectivity index (χ3v) is 5.01. The molecule has 0 N–H and O–H groups in total. The van der Waals surface area contributed by atoms with E-state index in [9.17, 15) is 0 Å². The van der Waals surface area contributed by atoms with Crippen molar-refractivity contribution < 1.29 is 0 Å². The molecule has 3 nitrogen and oxygen atoms in total. The largest absolute Gasteiger partial charge is 0.314 e. The lowest BCUT2D eigenvalue weighted by molar-refractivity contribution is 0.283. The Morgan fingerprint density at radius 2 is 1.71 bits per heavy atom. The summed E-state index contributed by atoms with van der Waals surface area (Å²) in [6.07, 6.45) is 8.85. The van der Waals surface area contributed by atoms with Gasteiger partial charge in [-0.2, -0.15) is 0 Å². The lowest BCUT2D eigenvalue weighted by Crippen LogP contribution is -2.26. The first-order valence-electron chi connectivity index (χ1n) is 8.98. The minimum Gasteiger partial charge on any atom is -0.314 e. The summed E-state index contributed by atoms with van der Waals surface area (Å²) in [5.41, 5.74) is 4.94. The van der Waals surface area contributed by atoms with E-state index < -0.39 is 0 Å². The molecule has 0 amide bonds. The molecule has 1 aromatic heterocycles. The molecule has 24 heavy (non-hydrogen) atoms. The van der Waals surface area contributed by atoms with E-state index >= 15 is 0 Å². The Hall–Kier alpha value is -1.39. The molecule has 0 saturated carbocycles. The zero-order chi connectivity index (χ0) is 15.5. The summed E-state index contributed by atoms with van der Waals surface area (Å²) < 4.78 is 2.25. The van der Waals surface area contributed by atoms with Gasteiger partial charge in [-0.15, -0.1) is 17.0 Å². The minimum absolute atomic E-state index is 0. The zero-order valence-corrected chi connectivity index (χ0v) is 15.9. The van der Waals surface area contributed by atoms with E-state index in [2.05, 4.69) is 52.1 Å². The Labute approximate surface area is 155 Å². The summed E-state index contributed by atoms with van der Waals surface area (Å²) in [5, 5.41) is 0. The van der Waals surface area contributed by atoms with Gasteiger partial charge in [0.2, 0.25) is 0 Å². The van der Waals surface area contributed by atoms with Gasteiger partial charge in [0.05, 0.1) is 17.1 Å². The Morgan fingerprint density at radius 1 is 0.917 bits per heavy atom. The number of fused-ring (bicyclic) bond motifs is 3. The van der Waals surface area contributed by atoms with Crippen LogP contribution in [0.1, 0.15) is 43.4 Å². The summed E-state index contributed by atoms with van der Waals surface area (Å²) in [4.78, 5) is 7.58. The molecule has 128 valence electrons. The molecular formula is C20H26BrN3. The highest BCUT2D eigenvalue weighted by Crippen LogP contribution is 2.28. The molecule has 3 heterocycles. The van der Waals surface area contributed by atoms with Crippen molar-refractivity contribution in [2.24, 2.45) is 4.99 Å². The fraction of sp³-hybridized carbons (Fsp3) is 0.450. The molecule has 0 spiro atoms. The number of aromatic nitrogens is 1. The predicted molar refractivity (Wildman–Crippen MR) is 106 cm³/mol. The van der Waals surface area contributed by atoms with Gasteiger partial charge in [-0.1, -0.05) is 31.0 Å². The van der Waals surface area contributed by atoms with E-state index in [-0.39, 0.29) is 17.0 Å². The van der Waals surface area contributed by atoms with E-state index in [1.54, 1.807) is 0 Å². The average molecular weight is 388 g/mol. The third-order valence-electron chi connectivity index (χ3n) is 5.01. The fourth-order valence-electron chi connectivity index (χ4n) is 3.82. The zero-order valence-electron chi connectivity index (χ0n) is 14.2. The second kappa shape index (κ2) is 8.13. The normalized spacial score (nSPS) is 18.8. The molecule has 2 aliphatic rings. The van der Waals surface area contributed by atoms with Crippen LogP contribution in [0.25, 0.3) is 5.69 Å². The molecular weight excluding hydrogens is 362 g/mol. The van der Waals surface area contributed by atoms with Crippen molar-refractivity contribution in [3.8, 4) is 5.69 Å². The maximum Gasteiger partial charge on any atom is 0.0907 e. The summed E-state index contributed by atoms with van der Waals surface area (Å²) in [5.74, 6) is 0. The van der Waals surface area contributed by atoms with Gasteiger partial charge in [0, 0.05) is 18.3 Å². The summed E-state index contributed by atoms with van der Waals surface area (Å²) >= 11 is 0. The lowest BCUT2D eigenvalue weighted by atomic mass is 10.1. The molecule has 1 aromatic carbocycles. The predicted octanol–water partition coefficient (Wildman–Crippen LogP) is 4.47. The topological polar surface area (TPSA) is 20.5 Å². The van der Waals surface area contributed by atoms with Crippen LogP contribution in [-0.2, 0) is 0 Å². The highest BCUT2D eigenvalue weighted by atomic mass is 79.9. The van der Waals surface area contributed by atoms with Crippen molar-refractivity contribution >= 4 is 22.7 Å². The van der Waals surface area contributed by atoms with Crippen LogP contribution in [-0.4, -0.2) is 41.4 Å². The van der Waals surface area contributed by atoms with Crippen LogP contribution < -0.4 is 0 Å². The van der Waals surface area contributed by atoms with Gasteiger partial charge in [0.1, 0.15) is 0 Å². The second-order valence-electron chi connectivity index (χ2n) is 6.62. The van der Waals surface area contributed by atoms with Crippen LogP contribution in [0.3, 0.4) is 0 Å². The van der Waals surface area contributed by atoms with Crippen LogP contribution >= 0.6 is 17.0 Å². The molecule has 4 heteroatoms. The number of rotatable bonds is 4. The quantitative estimate of drug-likeness (QED) is 0.604. The smallest absolute Gasteiger partial charge is 0.0907 e. The number of aliphatic imine (C=N–C) groups is 1. The molecule has 4 rings (SSSR count). The summed E-state index contributed by atoms with van der Waals surface area (Å²) in [6.45, 7) is 4.68. The SMILES string of the molecule is Br.c1ccc2c(c1)C(=NCCCN1CCCCCC1)c1cccn1-2. The fourth-order valence-corrected chi connectivity index (χ4v) is 3.82. The minimum atomic E-state index is 0. The van der Waals surface area contributed by atoms with Crippen molar-refractivity contribution in [2.75, 3.05) is 26.2 Å². The highest BCUT2D eigenvalue weighted by Gasteiger charge is 2.23.